The number of anilines is 1. The van der Waals surface area contributed by atoms with Gasteiger partial charge in [-0.3, -0.25) is 0 Å². The molecule has 2 unspecified atom stereocenters. The first-order chi connectivity index (χ1) is 8.19. The van der Waals surface area contributed by atoms with E-state index < -0.39 is 0 Å². The van der Waals surface area contributed by atoms with Gasteiger partial charge in [-0.05, 0) is 7.05 Å². The zero-order valence-corrected chi connectivity index (χ0v) is 11.5. The number of nitrogens with one attached hydrogen (secondary N) is 1. The Morgan fingerprint density at radius 3 is 2.41 bits per heavy atom. The molecule has 1 aliphatic rings. The van der Waals surface area contributed by atoms with Crippen molar-refractivity contribution in [2.45, 2.75) is 30.9 Å². The summed E-state index contributed by atoms with van der Waals surface area (Å²) in [5.74, 6) is 0.865. The van der Waals surface area contributed by atoms with Crippen LogP contribution in [0.3, 0.4) is 0 Å². The summed E-state index contributed by atoms with van der Waals surface area (Å²) in [6, 6.07) is 0. The third kappa shape index (κ3) is 3.33. The van der Waals surface area contributed by atoms with Gasteiger partial charge in [0, 0.05) is 48.1 Å². The van der Waals surface area contributed by atoms with Crippen LogP contribution in [0.4, 0.5) is 5.95 Å². The first kappa shape index (κ1) is 12.6. The third-order valence-corrected chi connectivity index (χ3v) is 4.00. The molecule has 94 valence electrons. The molecule has 17 heavy (non-hydrogen) atoms. The van der Waals surface area contributed by atoms with Gasteiger partial charge in [-0.25, -0.2) is 9.97 Å². The highest BCUT2D eigenvalue weighted by molar-refractivity contribution is 8.00. The standard InChI is InChI=1S/C12H20N4S/c1-9-7-16(8-10(2)17-9)12-14-5-11(4-13-3)6-15-12/h5-6,9-10,13H,4,7-8H2,1-3H3. The van der Waals surface area contributed by atoms with Crippen molar-refractivity contribution in [1.29, 1.82) is 0 Å². The van der Waals surface area contributed by atoms with Crippen molar-refractivity contribution >= 4 is 17.7 Å². The molecule has 1 fully saturated rings. The van der Waals surface area contributed by atoms with Gasteiger partial charge in [-0.2, -0.15) is 11.8 Å². The predicted octanol–water partition coefficient (Wildman–Crippen LogP) is 1.53. The molecule has 0 amide bonds. The molecule has 5 heteroatoms. The van der Waals surface area contributed by atoms with Crippen LogP contribution >= 0.6 is 11.8 Å². The van der Waals surface area contributed by atoms with Crippen molar-refractivity contribution in [2.75, 3.05) is 25.0 Å². The van der Waals surface area contributed by atoms with Gasteiger partial charge in [0.15, 0.2) is 0 Å². The molecule has 0 aromatic carbocycles. The molecule has 0 saturated carbocycles. The zero-order chi connectivity index (χ0) is 12.3. The first-order valence-corrected chi connectivity index (χ1v) is 6.99. The maximum atomic E-state index is 4.46. The topological polar surface area (TPSA) is 41.1 Å². The summed E-state index contributed by atoms with van der Waals surface area (Å²) in [4.78, 5) is 11.2. The summed E-state index contributed by atoms with van der Waals surface area (Å²) >= 11 is 2.04. The fraction of sp³-hybridized carbons (Fsp3) is 0.667. The van der Waals surface area contributed by atoms with Crippen molar-refractivity contribution in [3.05, 3.63) is 18.0 Å². The summed E-state index contributed by atoms with van der Waals surface area (Å²) in [6.07, 6.45) is 3.83. The van der Waals surface area contributed by atoms with Crippen LogP contribution in [-0.4, -0.2) is 40.6 Å². The first-order valence-electron chi connectivity index (χ1n) is 6.05. The monoisotopic (exact) mass is 252 g/mol. The lowest BCUT2D eigenvalue weighted by Crippen LogP contribution is -2.41. The largest absolute Gasteiger partial charge is 0.339 e. The number of hydrogen-bond acceptors (Lipinski definition) is 5. The normalized spacial score (nSPS) is 25.0. The maximum Gasteiger partial charge on any atom is 0.225 e. The van der Waals surface area contributed by atoms with Crippen LogP contribution in [-0.2, 0) is 6.54 Å². The van der Waals surface area contributed by atoms with E-state index >= 15 is 0 Å². The Kier molecular flexibility index (Phi) is 4.23. The maximum absolute atomic E-state index is 4.46. The van der Waals surface area contributed by atoms with Crippen molar-refractivity contribution in [3.8, 4) is 0 Å². The number of rotatable bonds is 3. The van der Waals surface area contributed by atoms with E-state index in [0.29, 0.717) is 10.5 Å². The fourth-order valence-corrected chi connectivity index (χ4v) is 3.47. The van der Waals surface area contributed by atoms with Crippen molar-refractivity contribution in [1.82, 2.24) is 15.3 Å². The molecule has 4 nitrogen and oxygen atoms in total. The Morgan fingerprint density at radius 2 is 1.88 bits per heavy atom. The summed E-state index contributed by atoms with van der Waals surface area (Å²) in [7, 11) is 1.93. The van der Waals surface area contributed by atoms with Crippen LogP contribution in [0.15, 0.2) is 12.4 Å². The molecular formula is C12H20N4S. The fourth-order valence-electron chi connectivity index (χ4n) is 2.15. The number of aromatic nitrogens is 2. The second kappa shape index (κ2) is 5.69. The molecule has 1 saturated heterocycles. The second-order valence-electron chi connectivity index (χ2n) is 4.58. The highest BCUT2D eigenvalue weighted by atomic mass is 32.2. The Hall–Kier alpha value is -0.810. The molecule has 0 spiro atoms. The molecule has 0 bridgehead atoms. The molecule has 1 aromatic heterocycles. The predicted molar refractivity (Wildman–Crippen MR) is 73.5 cm³/mol. The second-order valence-corrected chi connectivity index (χ2v) is 6.47. The molecule has 2 rings (SSSR count). The molecule has 1 aromatic rings. The van der Waals surface area contributed by atoms with Crippen molar-refractivity contribution in [3.63, 3.8) is 0 Å². The van der Waals surface area contributed by atoms with Gasteiger partial charge in [-0.1, -0.05) is 13.8 Å². The van der Waals surface area contributed by atoms with Gasteiger partial charge in [-0.15, -0.1) is 0 Å². The summed E-state index contributed by atoms with van der Waals surface area (Å²) in [5.41, 5.74) is 1.13. The van der Waals surface area contributed by atoms with Crippen LogP contribution < -0.4 is 10.2 Å². The van der Waals surface area contributed by atoms with Crippen LogP contribution in [0.5, 0.6) is 0 Å². The highest BCUT2D eigenvalue weighted by Gasteiger charge is 2.23. The van der Waals surface area contributed by atoms with E-state index in [-0.39, 0.29) is 0 Å². The zero-order valence-electron chi connectivity index (χ0n) is 10.7. The van der Waals surface area contributed by atoms with Gasteiger partial charge in [0.25, 0.3) is 0 Å². The minimum absolute atomic E-state index is 0.652. The Morgan fingerprint density at radius 1 is 1.29 bits per heavy atom. The number of thioether (sulfide) groups is 1. The molecular weight excluding hydrogens is 232 g/mol. The SMILES string of the molecule is CNCc1cnc(N2CC(C)SC(C)C2)nc1. The molecule has 0 radical (unpaired) electrons. The van der Waals surface area contributed by atoms with Gasteiger partial charge in [0.1, 0.15) is 0 Å². The van der Waals surface area contributed by atoms with Crippen LogP contribution in [0.2, 0.25) is 0 Å². The van der Waals surface area contributed by atoms with Gasteiger partial charge < -0.3 is 10.2 Å². The summed E-state index contributed by atoms with van der Waals surface area (Å²) in [5, 5.41) is 4.40. The van der Waals surface area contributed by atoms with E-state index in [0.717, 1.165) is 31.1 Å². The van der Waals surface area contributed by atoms with E-state index in [1.807, 2.05) is 31.2 Å². The molecule has 1 N–H and O–H groups in total. The van der Waals surface area contributed by atoms with Crippen LogP contribution in [0.1, 0.15) is 19.4 Å². The lowest BCUT2D eigenvalue weighted by atomic mass is 10.3. The van der Waals surface area contributed by atoms with E-state index in [1.54, 1.807) is 0 Å². The Balaban J connectivity index is 2.06. The Bertz CT molecular complexity index is 344. The summed E-state index contributed by atoms with van der Waals surface area (Å²) < 4.78 is 0. The lowest BCUT2D eigenvalue weighted by Gasteiger charge is -2.34. The molecule has 2 atom stereocenters. The molecule has 0 aliphatic carbocycles. The van der Waals surface area contributed by atoms with E-state index in [9.17, 15) is 0 Å². The van der Waals surface area contributed by atoms with E-state index in [1.165, 1.54) is 0 Å². The van der Waals surface area contributed by atoms with Crippen molar-refractivity contribution in [2.24, 2.45) is 0 Å². The average Bonchev–Trinajstić information content (AvgIpc) is 2.29. The van der Waals surface area contributed by atoms with Crippen molar-refractivity contribution < 1.29 is 0 Å². The minimum atomic E-state index is 0.652. The molecule has 2 heterocycles. The quantitative estimate of drug-likeness (QED) is 0.883. The van der Waals surface area contributed by atoms with Gasteiger partial charge in [0.2, 0.25) is 5.95 Å². The third-order valence-electron chi connectivity index (χ3n) is 2.78. The molecule has 1 aliphatic heterocycles. The van der Waals surface area contributed by atoms with Gasteiger partial charge in [0.05, 0.1) is 0 Å². The lowest BCUT2D eigenvalue weighted by molar-refractivity contribution is 0.703. The minimum Gasteiger partial charge on any atom is -0.339 e. The number of hydrogen-bond donors (Lipinski definition) is 1. The smallest absolute Gasteiger partial charge is 0.225 e. The van der Waals surface area contributed by atoms with Gasteiger partial charge >= 0.3 is 0 Å². The number of nitrogens with zero attached hydrogens (tertiary/aromatic N) is 3. The Labute approximate surface area is 107 Å². The van der Waals surface area contributed by atoms with E-state index in [2.05, 4.69) is 34.0 Å². The highest BCUT2D eigenvalue weighted by Crippen LogP contribution is 2.26. The van der Waals surface area contributed by atoms with E-state index in [4.69, 9.17) is 0 Å². The van der Waals surface area contributed by atoms with Crippen LogP contribution in [0, 0.1) is 0 Å². The summed E-state index contributed by atoms with van der Waals surface area (Å²) in [6.45, 7) is 7.44. The van der Waals surface area contributed by atoms with Crippen LogP contribution in [0.25, 0.3) is 0 Å². The average molecular weight is 252 g/mol.